The van der Waals surface area contributed by atoms with Gasteiger partial charge in [-0.25, -0.2) is 9.97 Å². The first-order valence-electron chi connectivity index (χ1n) is 7.04. The van der Waals surface area contributed by atoms with Gasteiger partial charge < -0.3 is 9.47 Å². The quantitative estimate of drug-likeness (QED) is 0.648. The van der Waals surface area contributed by atoms with Crippen molar-refractivity contribution in [3.05, 3.63) is 60.4 Å². The fourth-order valence-corrected chi connectivity index (χ4v) is 2.13. The molecule has 0 bridgehead atoms. The third-order valence-electron chi connectivity index (χ3n) is 3.25. The van der Waals surface area contributed by atoms with Gasteiger partial charge in [0, 0.05) is 5.56 Å². The Kier molecular flexibility index (Phi) is 4.60. The molecule has 0 unspecified atom stereocenters. The molecule has 1 heterocycles. The van der Waals surface area contributed by atoms with Crippen molar-refractivity contribution in [1.82, 2.24) is 9.97 Å². The fourth-order valence-electron chi connectivity index (χ4n) is 2.13. The largest absolute Gasteiger partial charge is 0.469 e. The van der Waals surface area contributed by atoms with Crippen LogP contribution in [0.1, 0.15) is 10.4 Å². The van der Waals surface area contributed by atoms with Crippen LogP contribution in [-0.4, -0.2) is 29.0 Å². The molecule has 0 aliphatic rings. The summed E-state index contributed by atoms with van der Waals surface area (Å²) in [6.07, 6.45) is 1.36. The Morgan fingerprint density at radius 2 is 1.79 bits per heavy atom. The molecule has 0 atom stereocenters. The average Bonchev–Trinajstić information content (AvgIpc) is 2.59. The maximum absolute atomic E-state index is 12.1. The van der Waals surface area contributed by atoms with Crippen molar-refractivity contribution >= 4 is 16.7 Å². The lowest BCUT2D eigenvalue weighted by Crippen LogP contribution is -2.12. The summed E-state index contributed by atoms with van der Waals surface area (Å²) in [5, 5.41) is 0.702. The molecule has 24 heavy (non-hydrogen) atoms. The second kappa shape index (κ2) is 6.99. The molecule has 7 heteroatoms. The summed E-state index contributed by atoms with van der Waals surface area (Å²) in [5.41, 5.74) is 1.04. The number of ether oxygens (including phenoxy) is 2. The van der Waals surface area contributed by atoms with Crippen LogP contribution in [0.3, 0.4) is 0 Å². The minimum atomic E-state index is -2.90. The number of benzene rings is 2. The number of carbonyl (C=O) groups is 1. The maximum atomic E-state index is 12.1. The summed E-state index contributed by atoms with van der Waals surface area (Å²) >= 11 is 0. The van der Waals surface area contributed by atoms with Crippen molar-refractivity contribution in [2.75, 3.05) is 6.61 Å². The number of Topliss-reactive ketones (excluding diaryl/α,β-unsaturated/α-hetero) is 1. The number of ketones is 1. The van der Waals surface area contributed by atoms with Gasteiger partial charge in [-0.2, -0.15) is 8.78 Å². The number of rotatable bonds is 6. The van der Waals surface area contributed by atoms with Gasteiger partial charge in [0.15, 0.2) is 12.4 Å². The first-order chi connectivity index (χ1) is 11.6. The lowest BCUT2D eigenvalue weighted by molar-refractivity contribution is -0.0498. The zero-order valence-electron chi connectivity index (χ0n) is 12.4. The third kappa shape index (κ3) is 3.62. The number of nitrogens with zero attached hydrogens (tertiary/aromatic N) is 2. The molecule has 0 spiro atoms. The number of fused-ring (bicyclic) bond motifs is 1. The van der Waals surface area contributed by atoms with Gasteiger partial charge in [0.2, 0.25) is 5.88 Å². The molecule has 122 valence electrons. The van der Waals surface area contributed by atoms with Crippen molar-refractivity contribution < 1.29 is 23.0 Å². The fraction of sp³-hybridized carbons (Fsp3) is 0.118. The van der Waals surface area contributed by atoms with E-state index in [1.807, 2.05) is 18.2 Å². The second-order valence-corrected chi connectivity index (χ2v) is 4.81. The van der Waals surface area contributed by atoms with Gasteiger partial charge in [-0.15, -0.1) is 0 Å². The summed E-state index contributed by atoms with van der Waals surface area (Å²) in [5.74, 6) is -0.00263. The molecule has 0 saturated carbocycles. The highest BCUT2D eigenvalue weighted by molar-refractivity contribution is 5.97. The molecule has 0 amide bonds. The summed E-state index contributed by atoms with van der Waals surface area (Å²) in [6.45, 7) is -3.13. The van der Waals surface area contributed by atoms with Crippen LogP contribution in [0, 0.1) is 0 Å². The molecule has 3 rings (SSSR count). The summed E-state index contributed by atoms with van der Waals surface area (Å²) in [4.78, 5) is 20.3. The van der Waals surface area contributed by atoms with Gasteiger partial charge in [0.25, 0.3) is 0 Å². The van der Waals surface area contributed by atoms with Crippen molar-refractivity contribution in [2.45, 2.75) is 6.61 Å². The number of aromatic nitrogens is 2. The van der Waals surface area contributed by atoms with Crippen LogP contribution >= 0.6 is 0 Å². The van der Waals surface area contributed by atoms with E-state index >= 15 is 0 Å². The predicted octanol–water partition coefficient (Wildman–Crippen LogP) is 3.49. The van der Waals surface area contributed by atoms with Gasteiger partial charge in [-0.1, -0.05) is 12.1 Å². The van der Waals surface area contributed by atoms with E-state index in [4.69, 9.17) is 4.74 Å². The van der Waals surface area contributed by atoms with Crippen LogP contribution in [0.15, 0.2) is 54.9 Å². The predicted molar refractivity (Wildman–Crippen MR) is 82.4 cm³/mol. The van der Waals surface area contributed by atoms with Crippen LogP contribution in [0.5, 0.6) is 11.6 Å². The van der Waals surface area contributed by atoms with E-state index in [-0.39, 0.29) is 18.1 Å². The molecule has 0 aliphatic carbocycles. The SMILES string of the molecule is O=C(COc1ncnc2ccccc12)c1ccc(OC(F)F)cc1. The van der Waals surface area contributed by atoms with E-state index < -0.39 is 6.61 Å². The first kappa shape index (κ1) is 15.8. The van der Waals surface area contributed by atoms with Crippen molar-refractivity contribution in [3.8, 4) is 11.6 Å². The third-order valence-corrected chi connectivity index (χ3v) is 3.25. The number of hydrogen-bond donors (Lipinski definition) is 0. The van der Waals surface area contributed by atoms with Gasteiger partial charge in [-0.05, 0) is 36.4 Å². The van der Waals surface area contributed by atoms with Crippen molar-refractivity contribution in [3.63, 3.8) is 0 Å². The van der Waals surface area contributed by atoms with Crippen molar-refractivity contribution in [1.29, 1.82) is 0 Å². The highest BCUT2D eigenvalue weighted by Crippen LogP contribution is 2.21. The van der Waals surface area contributed by atoms with Crippen LogP contribution in [-0.2, 0) is 0 Å². The summed E-state index contributed by atoms with van der Waals surface area (Å²) < 4.78 is 33.9. The summed E-state index contributed by atoms with van der Waals surface area (Å²) in [6, 6.07) is 12.7. The number of halogens is 2. The molecule has 0 aliphatic heterocycles. The Labute approximate surface area is 135 Å². The lowest BCUT2D eigenvalue weighted by atomic mass is 10.1. The summed E-state index contributed by atoms with van der Waals surface area (Å²) in [7, 11) is 0. The smallest absolute Gasteiger partial charge is 0.387 e. The highest BCUT2D eigenvalue weighted by Gasteiger charge is 2.11. The molecule has 2 aromatic carbocycles. The van der Waals surface area contributed by atoms with Crippen molar-refractivity contribution in [2.24, 2.45) is 0 Å². The monoisotopic (exact) mass is 330 g/mol. The molecular weight excluding hydrogens is 318 g/mol. The number of hydrogen-bond acceptors (Lipinski definition) is 5. The second-order valence-electron chi connectivity index (χ2n) is 4.81. The van der Waals surface area contributed by atoms with Crippen LogP contribution in [0.2, 0.25) is 0 Å². The Bertz CT molecular complexity index is 849. The molecule has 5 nitrogen and oxygen atoms in total. The standard InChI is InChI=1S/C17H12F2N2O3/c18-17(19)24-12-7-5-11(6-8-12)15(22)9-23-16-13-3-1-2-4-14(13)20-10-21-16/h1-8,10,17H,9H2. The minimum Gasteiger partial charge on any atom is -0.469 e. The van der Waals surface area contributed by atoms with Gasteiger partial charge in [0.05, 0.1) is 10.9 Å². The van der Waals surface area contributed by atoms with E-state index in [0.717, 1.165) is 0 Å². The molecular formula is C17H12F2N2O3. The zero-order valence-corrected chi connectivity index (χ0v) is 12.4. The lowest BCUT2D eigenvalue weighted by Gasteiger charge is -2.08. The zero-order chi connectivity index (χ0) is 16.9. The number of carbonyl (C=O) groups excluding carboxylic acids is 1. The Morgan fingerprint density at radius 1 is 1.04 bits per heavy atom. The topological polar surface area (TPSA) is 61.3 Å². The molecule has 3 aromatic rings. The Balaban J connectivity index is 1.68. The van der Waals surface area contributed by atoms with E-state index in [0.29, 0.717) is 22.3 Å². The van der Waals surface area contributed by atoms with Gasteiger partial charge in [0.1, 0.15) is 12.1 Å². The van der Waals surface area contributed by atoms with E-state index in [2.05, 4.69) is 14.7 Å². The minimum absolute atomic E-state index is 0.00994. The van der Waals surface area contributed by atoms with Crippen LogP contribution in [0.4, 0.5) is 8.78 Å². The first-order valence-corrected chi connectivity index (χ1v) is 7.04. The van der Waals surface area contributed by atoms with Gasteiger partial charge in [-0.3, -0.25) is 4.79 Å². The highest BCUT2D eigenvalue weighted by atomic mass is 19.3. The van der Waals surface area contributed by atoms with E-state index in [9.17, 15) is 13.6 Å². The Morgan fingerprint density at radius 3 is 2.54 bits per heavy atom. The Hall–Kier alpha value is -3.09. The van der Waals surface area contributed by atoms with Crippen LogP contribution < -0.4 is 9.47 Å². The molecule has 0 N–H and O–H groups in total. The van der Waals surface area contributed by atoms with Gasteiger partial charge >= 0.3 is 6.61 Å². The molecule has 0 saturated heterocycles. The number of alkyl halides is 2. The molecule has 0 radical (unpaired) electrons. The van der Waals surface area contributed by atoms with E-state index in [1.165, 1.54) is 30.6 Å². The average molecular weight is 330 g/mol. The van der Waals surface area contributed by atoms with E-state index in [1.54, 1.807) is 6.07 Å². The molecule has 0 fully saturated rings. The normalized spacial score (nSPS) is 10.8. The van der Waals surface area contributed by atoms with Crippen LogP contribution in [0.25, 0.3) is 10.9 Å². The maximum Gasteiger partial charge on any atom is 0.387 e. The molecule has 1 aromatic heterocycles. The number of para-hydroxylation sites is 1.